The van der Waals surface area contributed by atoms with Crippen LogP contribution in [0.25, 0.3) is 22.0 Å². The van der Waals surface area contributed by atoms with E-state index in [9.17, 15) is 14.7 Å². The van der Waals surface area contributed by atoms with Gasteiger partial charge in [0, 0.05) is 30.1 Å². The van der Waals surface area contributed by atoms with E-state index in [2.05, 4.69) is 47.3 Å². The lowest BCUT2D eigenvalue weighted by molar-refractivity contribution is -0.139. The smallest absolute Gasteiger partial charge is 0.407 e. The van der Waals surface area contributed by atoms with Gasteiger partial charge in [0.2, 0.25) is 0 Å². The van der Waals surface area contributed by atoms with Gasteiger partial charge in [-0.15, -0.1) is 0 Å². The molecule has 0 saturated carbocycles. The van der Waals surface area contributed by atoms with Crippen LogP contribution >= 0.6 is 0 Å². The van der Waals surface area contributed by atoms with E-state index >= 15 is 0 Å². The molecule has 1 aliphatic rings. The van der Waals surface area contributed by atoms with Crippen LogP contribution in [0.2, 0.25) is 0 Å². The Morgan fingerprint density at radius 3 is 2.34 bits per heavy atom. The molecule has 1 aliphatic carbocycles. The summed E-state index contributed by atoms with van der Waals surface area (Å²) in [6.45, 7) is 2.22. The van der Waals surface area contributed by atoms with Crippen molar-refractivity contribution in [3.05, 3.63) is 95.2 Å². The van der Waals surface area contributed by atoms with Gasteiger partial charge in [0.15, 0.2) is 0 Å². The van der Waals surface area contributed by atoms with Crippen molar-refractivity contribution in [1.82, 2.24) is 9.88 Å². The number of aliphatic carboxylic acids is 1. The van der Waals surface area contributed by atoms with Crippen molar-refractivity contribution in [2.24, 2.45) is 7.05 Å². The molecule has 3 aromatic carbocycles. The van der Waals surface area contributed by atoms with Crippen molar-refractivity contribution in [2.45, 2.75) is 31.7 Å². The number of carboxylic acid groups (broad SMARTS) is 1. The van der Waals surface area contributed by atoms with Crippen LogP contribution in [0.15, 0.2) is 72.9 Å². The third-order valence-corrected chi connectivity index (χ3v) is 6.91. The second-order valence-electron chi connectivity index (χ2n) is 9.17. The van der Waals surface area contributed by atoms with Crippen molar-refractivity contribution < 1.29 is 19.4 Å². The molecule has 1 amide bonds. The fourth-order valence-corrected chi connectivity index (χ4v) is 5.14. The molecule has 178 valence electrons. The van der Waals surface area contributed by atoms with Gasteiger partial charge < -0.3 is 19.7 Å². The van der Waals surface area contributed by atoms with Crippen molar-refractivity contribution in [3.8, 4) is 11.1 Å². The number of ether oxygens (including phenoxy) is 1. The molecule has 0 fully saturated rings. The lowest BCUT2D eigenvalue weighted by Gasteiger charge is -2.17. The number of hydrogen-bond acceptors (Lipinski definition) is 3. The number of rotatable bonds is 7. The number of alkyl carbamates (subject to hydrolysis) is 1. The van der Waals surface area contributed by atoms with Crippen molar-refractivity contribution in [3.63, 3.8) is 0 Å². The zero-order valence-corrected chi connectivity index (χ0v) is 19.8. The van der Waals surface area contributed by atoms with Gasteiger partial charge in [0.25, 0.3) is 0 Å². The van der Waals surface area contributed by atoms with Gasteiger partial charge in [-0.05, 0) is 59.2 Å². The first kappa shape index (κ1) is 22.7. The Kier molecular flexibility index (Phi) is 6.03. The molecular formula is C29H28N2O4. The topological polar surface area (TPSA) is 80.6 Å². The van der Waals surface area contributed by atoms with Crippen molar-refractivity contribution in [2.75, 3.05) is 6.61 Å². The first-order valence-corrected chi connectivity index (χ1v) is 11.8. The fourth-order valence-electron chi connectivity index (χ4n) is 5.14. The van der Waals surface area contributed by atoms with Gasteiger partial charge in [-0.3, -0.25) is 0 Å². The van der Waals surface area contributed by atoms with Gasteiger partial charge in [-0.1, -0.05) is 60.7 Å². The number of benzene rings is 3. The second kappa shape index (κ2) is 9.29. The minimum absolute atomic E-state index is 0.0723. The minimum atomic E-state index is -1.07. The highest BCUT2D eigenvalue weighted by Gasteiger charge is 2.29. The summed E-state index contributed by atoms with van der Waals surface area (Å²) in [7, 11) is 2.00. The first-order chi connectivity index (χ1) is 16.9. The SMILES string of the molecule is Cc1cn(C)c2cc(CC[C@H](NC(=O)OCC3c4ccccc4-c4ccccc43)C(=O)O)ccc12. The van der Waals surface area contributed by atoms with Crippen LogP contribution in [0.5, 0.6) is 0 Å². The quantitative estimate of drug-likeness (QED) is 0.380. The Morgan fingerprint density at radius 1 is 1.03 bits per heavy atom. The van der Waals surface area contributed by atoms with E-state index in [1.807, 2.05) is 49.5 Å². The molecule has 5 rings (SSSR count). The predicted octanol–water partition coefficient (Wildman–Crippen LogP) is 5.41. The number of aromatic nitrogens is 1. The number of aryl methyl sites for hydroxylation is 3. The molecule has 0 radical (unpaired) electrons. The standard InChI is InChI=1S/C29H28N2O4/c1-18-16-31(2)27-15-19(11-13-20(18)27)12-14-26(28(32)33)30-29(34)35-17-25-23-9-5-3-7-21(23)22-8-4-6-10-24(22)25/h3-11,13,15-16,25-26H,12,14,17H2,1-2H3,(H,30,34)(H,32,33)/t26-/m0/s1. The zero-order chi connectivity index (χ0) is 24.5. The molecule has 0 spiro atoms. The molecule has 6 heteroatoms. The number of carbonyl (C=O) groups is 2. The average Bonchev–Trinajstić information content (AvgIpc) is 3.33. The van der Waals surface area contributed by atoms with E-state index in [1.165, 1.54) is 10.9 Å². The number of carbonyl (C=O) groups excluding carboxylic acids is 1. The summed E-state index contributed by atoms with van der Waals surface area (Å²) in [6, 6.07) is 21.3. The van der Waals surface area contributed by atoms with E-state index in [4.69, 9.17) is 4.74 Å². The molecule has 35 heavy (non-hydrogen) atoms. The summed E-state index contributed by atoms with van der Waals surface area (Å²) in [5.41, 5.74) is 7.85. The maximum atomic E-state index is 12.6. The number of hydrogen-bond donors (Lipinski definition) is 2. The Hall–Kier alpha value is -4.06. The largest absolute Gasteiger partial charge is 0.480 e. The molecule has 1 atom stereocenters. The monoisotopic (exact) mass is 468 g/mol. The van der Waals surface area contributed by atoms with E-state index in [0.717, 1.165) is 33.3 Å². The number of amides is 1. The minimum Gasteiger partial charge on any atom is -0.480 e. The van der Waals surface area contributed by atoms with Crippen LogP contribution in [0.3, 0.4) is 0 Å². The third kappa shape index (κ3) is 4.39. The van der Waals surface area contributed by atoms with Crippen LogP contribution in [0.4, 0.5) is 4.79 Å². The number of fused-ring (bicyclic) bond motifs is 4. The Labute approximate surface area is 204 Å². The molecule has 4 aromatic rings. The molecule has 0 aliphatic heterocycles. The number of nitrogens with one attached hydrogen (secondary N) is 1. The summed E-state index contributed by atoms with van der Waals surface area (Å²) in [5.74, 6) is -1.15. The molecule has 1 heterocycles. The first-order valence-electron chi connectivity index (χ1n) is 11.8. The number of nitrogens with zero attached hydrogens (tertiary/aromatic N) is 1. The van der Waals surface area contributed by atoms with Crippen LogP contribution in [0, 0.1) is 6.92 Å². The average molecular weight is 469 g/mol. The van der Waals surface area contributed by atoms with Crippen LogP contribution < -0.4 is 5.32 Å². The van der Waals surface area contributed by atoms with Crippen molar-refractivity contribution in [1.29, 1.82) is 0 Å². The van der Waals surface area contributed by atoms with Crippen LogP contribution in [0.1, 0.15) is 34.6 Å². The molecular weight excluding hydrogens is 440 g/mol. The van der Waals surface area contributed by atoms with Gasteiger partial charge in [0.05, 0.1) is 0 Å². The highest BCUT2D eigenvalue weighted by atomic mass is 16.5. The summed E-state index contributed by atoms with van der Waals surface area (Å²) in [5, 5.41) is 13.4. The zero-order valence-electron chi connectivity index (χ0n) is 19.8. The maximum absolute atomic E-state index is 12.6. The molecule has 0 bridgehead atoms. The van der Waals surface area contributed by atoms with Crippen molar-refractivity contribution >= 4 is 23.0 Å². The van der Waals surface area contributed by atoms with Gasteiger partial charge in [0.1, 0.15) is 12.6 Å². The summed E-state index contributed by atoms with van der Waals surface area (Å²) in [6.07, 6.45) is 2.16. The lowest BCUT2D eigenvalue weighted by Crippen LogP contribution is -2.41. The van der Waals surface area contributed by atoms with E-state index < -0.39 is 18.1 Å². The normalized spacial score (nSPS) is 13.3. The summed E-state index contributed by atoms with van der Waals surface area (Å²) < 4.78 is 7.60. The maximum Gasteiger partial charge on any atom is 0.407 e. The van der Waals surface area contributed by atoms with E-state index in [0.29, 0.717) is 6.42 Å². The number of carboxylic acids is 1. The van der Waals surface area contributed by atoms with E-state index in [-0.39, 0.29) is 18.9 Å². The van der Waals surface area contributed by atoms with Crippen LogP contribution in [-0.2, 0) is 23.0 Å². The lowest BCUT2D eigenvalue weighted by atomic mass is 9.98. The summed E-state index contributed by atoms with van der Waals surface area (Å²) >= 11 is 0. The third-order valence-electron chi connectivity index (χ3n) is 6.91. The molecule has 1 aromatic heterocycles. The van der Waals surface area contributed by atoms with Gasteiger partial charge in [-0.25, -0.2) is 9.59 Å². The van der Waals surface area contributed by atoms with Gasteiger partial charge in [-0.2, -0.15) is 0 Å². The molecule has 2 N–H and O–H groups in total. The highest BCUT2D eigenvalue weighted by molar-refractivity contribution is 5.84. The van der Waals surface area contributed by atoms with E-state index in [1.54, 1.807) is 0 Å². The Morgan fingerprint density at radius 2 is 1.69 bits per heavy atom. The summed E-state index contributed by atoms with van der Waals surface area (Å²) in [4.78, 5) is 24.4. The molecule has 0 saturated heterocycles. The molecule has 6 nitrogen and oxygen atoms in total. The Balaban J connectivity index is 1.22. The fraction of sp³-hybridized carbons (Fsp3) is 0.241. The predicted molar refractivity (Wildman–Crippen MR) is 136 cm³/mol. The highest BCUT2D eigenvalue weighted by Crippen LogP contribution is 2.44. The molecule has 0 unspecified atom stereocenters. The Bertz CT molecular complexity index is 1380. The van der Waals surface area contributed by atoms with Crippen LogP contribution in [-0.4, -0.2) is 34.4 Å². The second-order valence-corrected chi connectivity index (χ2v) is 9.17. The van der Waals surface area contributed by atoms with Gasteiger partial charge >= 0.3 is 12.1 Å².